The maximum atomic E-state index is 14.1. The summed E-state index contributed by atoms with van der Waals surface area (Å²) in [6.07, 6.45) is 0. The Balaban J connectivity index is 2.13. The lowest BCUT2D eigenvalue weighted by molar-refractivity contribution is -0.140. The molecule has 21 heavy (non-hydrogen) atoms. The first kappa shape index (κ1) is 15.5. The van der Waals surface area contributed by atoms with Crippen molar-refractivity contribution in [1.29, 1.82) is 0 Å². The summed E-state index contributed by atoms with van der Waals surface area (Å²) in [6, 6.07) is 2.25. The summed E-state index contributed by atoms with van der Waals surface area (Å²) in [5, 5.41) is 11.9. The number of benzene rings is 1. The van der Waals surface area contributed by atoms with Crippen molar-refractivity contribution >= 4 is 5.97 Å². The van der Waals surface area contributed by atoms with Crippen LogP contribution in [0.2, 0.25) is 0 Å². The summed E-state index contributed by atoms with van der Waals surface area (Å²) < 4.78 is 24.3. The molecule has 0 amide bonds. The molecule has 116 valence electrons. The molecule has 1 aliphatic rings. The predicted molar refractivity (Wildman–Crippen MR) is 74.2 cm³/mol. The number of carboxylic acid groups (broad SMARTS) is 1. The van der Waals surface area contributed by atoms with Crippen molar-refractivity contribution < 1.29 is 23.8 Å². The lowest BCUT2D eigenvalue weighted by Gasteiger charge is -2.31. The second-order valence-electron chi connectivity index (χ2n) is 4.88. The highest BCUT2D eigenvalue weighted by atomic mass is 19.1. The molecule has 0 spiro atoms. The molecule has 6 nitrogen and oxygen atoms in total. The van der Waals surface area contributed by atoms with Crippen LogP contribution in [0.3, 0.4) is 0 Å². The monoisotopic (exact) mass is 298 g/mol. The van der Waals surface area contributed by atoms with Crippen LogP contribution in [0, 0.1) is 5.82 Å². The molecule has 2 N–H and O–H groups in total. The van der Waals surface area contributed by atoms with Gasteiger partial charge in [-0.05, 0) is 6.07 Å². The number of carboxylic acids is 1. The summed E-state index contributed by atoms with van der Waals surface area (Å²) in [5.74, 6) is -0.494. The van der Waals surface area contributed by atoms with Crippen molar-refractivity contribution in [3.8, 4) is 11.5 Å². The molecule has 0 saturated carbocycles. The van der Waals surface area contributed by atoms with Gasteiger partial charge in [-0.3, -0.25) is 9.69 Å². The van der Waals surface area contributed by atoms with E-state index in [4.69, 9.17) is 14.6 Å². The van der Waals surface area contributed by atoms with Crippen LogP contribution >= 0.6 is 0 Å². The van der Waals surface area contributed by atoms with Gasteiger partial charge in [-0.1, -0.05) is 0 Å². The van der Waals surface area contributed by atoms with Gasteiger partial charge in [-0.15, -0.1) is 0 Å². The number of rotatable bonds is 5. The molecule has 0 radical (unpaired) electrons. The van der Waals surface area contributed by atoms with E-state index in [2.05, 4.69) is 5.32 Å². The molecular weight excluding hydrogens is 279 g/mol. The minimum absolute atomic E-state index is 0.331. The van der Waals surface area contributed by atoms with Gasteiger partial charge in [0, 0.05) is 37.8 Å². The smallest absolute Gasteiger partial charge is 0.322 e. The van der Waals surface area contributed by atoms with Crippen LogP contribution in [-0.2, 0) is 11.3 Å². The van der Waals surface area contributed by atoms with Crippen LogP contribution in [0.5, 0.6) is 11.5 Å². The Morgan fingerprint density at radius 2 is 2.10 bits per heavy atom. The van der Waals surface area contributed by atoms with Gasteiger partial charge in [-0.25, -0.2) is 4.39 Å². The number of ether oxygens (including phenoxy) is 2. The minimum Gasteiger partial charge on any atom is -0.493 e. The first-order chi connectivity index (χ1) is 10.0. The van der Waals surface area contributed by atoms with Crippen molar-refractivity contribution in [1.82, 2.24) is 10.2 Å². The van der Waals surface area contributed by atoms with E-state index in [-0.39, 0.29) is 0 Å². The van der Waals surface area contributed by atoms with Gasteiger partial charge in [-0.2, -0.15) is 0 Å². The molecule has 1 atom stereocenters. The zero-order valence-corrected chi connectivity index (χ0v) is 12.1. The van der Waals surface area contributed by atoms with E-state index in [9.17, 15) is 9.18 Å². The third-order valence-corrected chi connectivity index (χ3v) is 3.50. The number of hydrogen-bond acceptors (Lipinski definition) is 5. The molecule has 2 rings (SSSR count). The third-order valence-electron chi connectivity index (χ3n) is 3.50. The summed E-state index contributed by atoms with van der Waals surface area (Å²) in [4.78, 5) is 12.9. The molecular formula is C14H19FN2O4. The van der Waals surface area contributed by atoms with E-state index in [1.54, 1.807) is 6.07 Å². The molecule has 1 aliphatic heterocycles. The highest BCUT2D eigenvalue weighted by Gasteiger charge is 2.25. The first-order valence-electron chi connectivity index (χ1n) is 6.64. The fourth-order valence-corrected chi connectivity index (χ4v) is 2.38. The standard InChI is InChI=1S/C14H19FN2O4/c1-20-12-5-9(10(15)6-13(12)21-2)7-17-4-3-16-11(8-17)14(18)19/h5-6,11,16H,3-4,7-8H2,1-2H3,(H,18,19)/t11-/m1/s1. The highest BCUT2D eigenvalue weighted by molar-refractivity contribution is 5.73. The molecule has 1 fully saturated rings. The van der Waals surface area contributed by atoms with Crippen molar-refractivity contribution in [2.75, 3.05) is 33.9 Å². The zero-order valence-electron chi connectivity index (χ0n) is 12.1. The Morgan fingerprint density at radius 3 is 2.71 bits per heavy atom. The van der Waals surface area contributed by atoms with Crippen LogP contribution in [-0.4, -0.2) is 55.9 Å². The largest absolute Gasteiger partial charge is 0.493 e. The Labute approximate surface area is 122 Å². The molecule has 0 aromatic heterocycles. The van der Waals surface area contributed by atoms with Crippen LogP contribution in [0.4, 0.5) is 4.39 Å². The summed E-state index contributed by atoms with van der Waals surface area (Å²) in [5.41, 5.74) is 0.457. The molecule has 1 heterocycles. The van der Waals surface area contributed by atoms with Crippen LogP contribution in [0.25, 0.3) is 0 Å². The number of nitrogens with one attached hydrogen (secondary N) is 1. The predicted octanol–water partition coefficient (Wildman–Crippen LogP) is 0.701. The van der Waals surface area contributed by atoms with Gasteiger partial charge in [0.05, 0.1) is 14.2 Å². The van der Waals surface area contributed by atoms with Crippen LogP contribution in [0.1, 0.15) is 5.56 Å². The fraction of sp³-hybridized carbons (Fsp3) is 0.500. The van der Waals surface area contributed by atoms with Crippen LogP contribution in [0.15, 0.2) is 12.1 Å². The number of aliphatic carboxylic acids is 1. The molecule has 1 aromatic rings. The SMILES string of the molecule is COc1cc(F)c(CN2CCN[C@@H](C(=O)O)C2)cc1OC. The normalized spacial score (nSPS) is 19.3. The van der Waals surface area contributed by atoms with E-state index >= 15 is 0 Å². The van der Waals surface area contributed by atoms with E-state index in [1.807, 2.05) is 4.90 Å². The number of halogens is 1. The van der Waals surface area contributed by atoms with Gasteiger partial charge in [0.2, 0.25) is 0 Å². The lowest BCUT2D eigenvalue weighted by atomic mass is 10.1. The topological polar surface area (TPSA) is 71.0 Å². The van der Waals surface area contributed by atoms with E-state index in [0.29, 0.717) is 43.2 Å². The van der Waals surface area contributed by atoms with Gasteiger partial charge < -0.3 is 19.9 Å². The second kappa shape index (κ2) is 6.73. The number of methoxy groups -OCH3 is 2. The number of hydrogen-bond donors (Lipinski definition) is 2. The van der Waals surface area contributed by atoms with Gasteiger partial charge >= 0.3 is 5.97 Å². The molecule has 0 unspecified atom stereocenters. The quantitative estimate of drug-likeness (QED) is 0.834. The highest BCUT2D eigenvalue weighted by Crippen LogP contribution is 2.30. The Kier molecular flexibility index (Phi) is 4.98. The van der Waals surface area contributed by atoms with Crippen molar-refractivity contribution in [2.24, 2.45) is 0 Å². The number of piperazine rings is 1. The summed E-state index contributed by atoms with van der Waals surface area (Å²) in [7, 11) is 2.94. The maximum absolute atomic E-state index is 14.1. The Hall–Kier alpha value is -1.86. The molecule has 1 aromatic carbocycles. The molecule has 0 aliphatic carbocycles. The van der Waals surface area contributed by atoms with Gasteiger partial charge in [0.1, 0.15) is 11.9 Å². The van der Waals surface area contributed by atoms with Gasteiger partial charge in [0.25, 0.3) is 0 Å². The van der Waals surface area contributed by atoms with Gasteiger partial charge in [0.15, 0.2) is 11.5 Å². The Bertz CT molecular complexity index is 524. The molecule has 1 saturated heterocycles. The number of carbonyl (C=O) groups is 1. The Morgan fingerprint density at radius 1 is 1.43 bits per heavy atom. The molecule has 0 bridgehead atoms. The fourth-order valence-electron chi connectivity index (χ4n) is 2.38. The summed E-state index contributed by atoms with van der Waals surface area (Å²) >= 11 is 0. The molecule has 7 heteroatoms. The van der Waals surface area contributed by atoms with Crippen molar-refractivity contribution in [3.05, 3.63) is 23.5 Å². The van der Waals surface area contributed by atoms with E-state index < -0.39 is 17.8 Å². The third kappa shape index (κ3) is 3.62. The average Bonchev–Trinajstić information content (AvgIpc) is 2.49. The van der Waals surface area contributed by atoms with E-state index in [1.165, 1.54) is 20.3 Å². The van der Waals surface area contributed by atoms with Crippen LogP contribution < -0.4 is 14.8 Å². The lowest BCUT2D eigenvalue weighted by Crippen LogP contribution is -2.53. The van der Waals surface area contributed by atoms with Crippen molar-refractivity contribution in [3.63, 3.8) is 0 Å². The minimum atomic E-state index is -0.896. The van der Waals surface area contributed by atoms with E-state index in [0.717, 1.165) is 0 Å². The zero-order chi connectivity index (χ0) is 15.4. The van der Waals surface area contributed by atoms with Crippen molar-refractivity contribution in [2.45, 2.75) is 12.6 Å². The number of nitrogens with zero attached hydrogens (tertiary/aromatic N) is 1. The second-order valence-corrected chi connectivity index (χ2v) is 4.88. The first-order valence-corrected chi connectivity index (χ1v) is 6.64. The average molecular weight is 298 g/mol. The summed E-state index contributed by atoms with van der Waals surface area (Å²) in [6.45, 7) is 1.89. The maximum Gasteiger partial charge on any atom is 0.322 e.